The van der Waals surface area contributed by atoms with Crippen LogP contribution in [0.3, 0.4) is 0 Å². The van der Waals surface area contributed by atoms with E-state index < -0.39 is 23.5 Å². The second-order valence-corrected chi connectivity index (χ2v) is 8.06. The van der Waals surface area contributed by atoms with Crippen molar-refractivity contribution in [3.63, 3.8) is 0 Å². The molecule has 1 fully saturated rings. The number of hydrogen-bond donors (Lipinski definition) is 3. The van der Waals surface area contributed by atoms with Gasteiger partial charge in [-0.15, -0.1) is 0 Å². The number of hydrogen-bond acceptors (Lipinski definition) is 7. The Morgan fingerprint density at radius 3 is 2.45 bits per heavy atom. The number of carboxylic acids is 1. The molecule has 0 bridgehead atoms. The average Bonchev–Trinajstić information content (AvgIpc) is 2.71. The normalized spacial score (nSPS) is 14.9. The number of aromatic nitrogens is 2. The van der Waals surface area contributed by atoms with E-state index in [0.29, 0.717) is 23.0 Å². The van der Waals surface area contributed by atoms with E-state index in [-0.39, 0.29) is 25.1 Å². The van der Waals surface area contributed by atoms with Crippen molar-refractivity contribution in [1.29, 1.82) is 0 Å². The van der Waals surface area contributed by atoms with Gasteiger partial charge in [0.2, 0.25) is 5.82 Å². The van der Waals surface area contributed by atoms with Crippen LogP contribution in [-0.2, 0) is 12.7 Å². The van der Waals surface area contributed by atoms with E-state index in [1.165, 1.54) is 12.1 Å². The quantitative estimate of drug-likeness (QED) is 0.356. The molecule has 1 aliphatic carbocycles. The van der Waals surface area contributed by atoms with Gasteiger partial charge in [0.05, 0.1) is 12.2 Å². The molecule has 1 aliphatic rings. The predicted molar refractivity (Wildman–Crippen MR) is 120 cm³/mol. The molecule has 1 aromatic carbocycles. The molecule has 2 aromatic rings. The highest BCUT2D eigenvalue weighted by Gasteiger charge is 2.31. The topological polar surface area (TPSA) is 103 Å². The fourth-order valence-corrected chi connectivity index (χ4v) is 3.74. The standard InChI is InChI=1S/C22H27F3N6O2/c1-13(15-5-4-6-15)28-19-17(18(27-3)29-20(30-19)21(32)33)31(12-26-2)11-14-7-9-16(10-8-14)22(23,24)25/h7-10,13,15,26H,3-6,11-12H2,1-2H3,(H,32,33)(H,28,29,30)/t13-/m1/s1. The van der Waals surface area contributed by atoms with Gasteiger partial charge in [-0.25, -0.2) is 19.8 Å². The number of nitrogens with zero attached hydrogens (tertiary/aromatic N) is 4. The van der Waals surface area contributed by atoms with Crippen molar-refractivity contribution in [3.8, 4) is 0 Å². The zero-order chi connectivity index (χ0) is 24.2. The molecule has 0 spiro atoms. The van der Waals surface area contributed by atoms with E-state index in [1.54, 1.807) is 11.9 Å². The zero-order valence-corrected chi connectivity index (χ0v) is 18.5. The lowest BCUT2D eigenvalue weighted by atomic mass is 9.80. The van der Waals surface area contributed by atoms with Crippen LogP contribution in [0.1, 0.15) is 47.9 Å². The van der Waals surface area contributed by atoms with E-state index in [0.717, 1.165) is 31.4 Å². The minimum atomic E-state index is -4.42. The highest BCUT2D eigenvalue weighted by molar-refractivity contribution is 5.87. The minimum absolute atomic E-state index is 0.0363. The summed E-state index contributed by atoms with van der Waals surface area (Å²) < 4.78 is 38.8. The highest BCUT2D eigenvalue weighted by atomic mass is 19.4. The number of aliphatic imine (C=N–C) groups is 1. The fraction of sp³-hybridized carbons (Fsp3) is 0.455. The van der Waals surface area contributed by atoms with Crippen LogP contribution in [0.15, 0.2) is 29.3 Å². The SMILES string of the molecule is C=Nc1nc(C(=O)O)nc(N[C@H](C)C2CCC2)c1N(CNC)Cc1ccc(C(F)(F)F)cc1. The molecule has 3 rings (SSSR count). The second kappa shape index (κ2) is 10.2. The number of nitrogens with one attached hydrogen (secondary N) is 2. The first-order chi connectivity index (χ1) is 15.6. The molecule has 0 amide bonds. The van der Waals surface area contributed by atoms with Gasteiger partial charge in [-0.3, -0.25) is 0 Å². The zero-order valence-electron chi connectivity index (χ0n) is 18.5. The van der Waals surface area contributed by atoms with Gasteiger partial charge in [-0.2, -0.15) is 13.2 Å². The first-order valence-electron chi connectivity index (χ1n) is 10.6. The number of halogens is 3. The predicted octanol–water partition coefficient (Wildman–Crippen LogP) is 4.31. The molecule has 1 heterocycles. The van der Waals surface area contributed by atoms with Gasteiger partial charge in [-0.1, -0.05) is 18.6 Å². The monoisotopic (exact) mass is 464 g/mol. The van der Waals surface area contributed by atoms with Crippen LogP contribution in [0.2, 0.25) is 0 Å². The van der Waals surface area contributed by atoms with E-state index in [1.807, 2.05) is 6.92 Å². The third-order valence-corrected chi connectivity index (χ3v) is 5.75. The summed E-state index contributed by atoms with van der Waals surface area (Å²) in [5.74, 6) is -0.898. The van der Waals surface area contributed by atoms with Crippen LogP contribution in [0.4, 0.5) is 30.5 Å². The Kier molecular flexibility index (Phi) is 7.52. The summed E-state index contributed by atoms with van der Waals surface area (Å²) >= 11 is 0. The van der Waals surface area contributed by atoms with Gasteiger partial charge < -0.3 is 20.6 Å². The molecule has 1 atom stereocenters. The molecule has 0 saturated heterocycles. The van der Waals surface area contributed by atoms with Gasteiger partial charge in [0.15, 0.2) is 11.6 Å². The van der Waals surface area contributed by atoms with Crippen LogP contribution in [-0.4, -0.2) is 47.5 Å². The number of aromatic carboxylic acids is 1. The summed E-state index contributed by atoms with van der Waals surface area (Å²) in [7, 11) is 1.72. The van der Waals surface area contributed by atoms with E-state index in [4.69, 9.17) is 0 Å². The highest BCUT2D eigenvalue weighted by Crippen LogP contribution is 2.37. The maximum atomic E-state index is 12.9. The number of carbonyl (C=O) groups is 1. The molecular weight excluding hydrogens is 437 g/mol. The summed E-state index contributed by atoms with van der Waals surface area (Å²) in [6.45, 7) is 6.03. The van der Waals surface area contributed by atoms with Crippen molar-refractivity contribution in [2.45, 2.75) is 44.9 Å². The fourth-order valence-electron chi connectivity index (χ4n) is 3.74. The van der Waals surface area contributed by atoms with Crippen LogP contribution in [0.25, 0.3) is 0 Å². The maximum absolute atomic E-state index is 12.9. The first kappa shape index (κ1) is 24.4. The third kappa shape index (κ3) is 5.78. The molecule has 0 aliphatic heterocycles. The van der Waals surface area contributed by atoms with Crippen molar-refractivity contribution in [3.05, 3.63) is 41.2 Å². The Balaban J connectivity index is 2.00. The van der Waals surface area contributed by atoms with E-state index in [2.05, 4.69) is 32.3 Å². The Bertz CT molecular complexity index is 993. The molecule has 1 aromatic heterocycles. The van der Waals surface area contributed by atoms with Crippen LogP contribution in [0.5, 0.6) is 0 Å². The van der Waals surface area contributed by atoms with Crippen molar-refractivity contribution in [2.24, 2.45) is 10.9 Å². The van der Waals surface area contributed by atoms with Gasteiger partial charge in [0.1, 0.15) is 5.69 Å². The lowest BCUT2D eigenvalue weighted by Crippen LogP contribution is -2.35. The molecule has 33 heavy (non-hydrogen) atoms. The third-order valence-electron chi connectivity index (χ3n) is 5.75. The van der Waals surface area contributed by atoms with Crippen LogP contribution in [0, 0.1) is 5.92 Å². The number of benzene rings is 1. The summed E-state index contributed by atoms with van der Waals surface area (Å²) in [6.07, 6.45) is -1.14. The lowest BCUT2D eigenvalue weighted by Gasteiger charge is -2.34. The number of anilines is 2. The minimum Gasteiger partial charge on any atom is -0.475 e. The van der Waals surface area contributed by atoms with E-state index >= 15 is 0 Å². The first-order valence-corrected chi connectivity index (χ1v) is 10.6. The van der Waals surface area contributed by atoms with Crippen molar-refractivity contribution < 1.29 is 23.1 Å². The van der Waals surface area contributed by atoms with Crippen LogP contribution >= 0.6 is 0 Å². The Hall–Kier alpha value is -3.21. The van der Waals surface area contributed by atoms with E-state index in [9.17, 15) is 23.1 Å². The van der Waals surface area contributed by atoms with Gasteiger partial charge in [0.25, 0.3) is 0 Å². The molecule has 178 valence electrons. The average molecular weight is 464 g/mol. The molecular formula is C22H27F3N6O2. The summed E-state index contributed by atoms with van der Waals surface area (Å²) in [4.78, 5) is 25.6. The molecule has 11 heteroatoms. The summed E-state index contributed by atoms with van der Waals surface area (Å²) in [5, 5.41) is 15.8. The molecule has 1 saturated carbocycles. The van der Waals surface area contributed by atoms with Crippen molar-refractivity contribution in [1.82, 2.24) is 15.3 Å². The van der Waals surface area contributed by atoms with Crippen molar-refractivity contribution >= 4 is 30.0 Å². The molecule has 8 nitrogen and oxygen atoms in total. The number of alkyl halides is 3. The summed E-state index contributed by atoms with van der Waals surface area (Å²) in [5.41, 5.74) is 0.315. The molecule has 0 unspecified atom stereocenters. The number of rotatable bonds is 10. The number of carboxylic acid groups (broad SMARTS) is 1. The van der Waals surface area contributed by atoms with Gasteiger partial charge in [0, 0.05) is 12.6 Å². The molecule has 3 N–H and O–H groups in total. The Labute approximate surface area is 190 Å². The van der Waals surface area contributed by atoms with Crippen LogP contribution < -0.4 is 15.5 Å². The Morgan fingerprint density at radius 2 is 1.97 bits per heavy atom. The molecule has 0 radical (unpaired) electrons. The van der Waals surface area contributed by atoms with Gasteiger partial charge in [-0.05, 0) is 57.1 Å². The largest absolute Gasteiger partial charge is 0.475 e. The second-order valence-electron chi connectivity index (χ2n) is 8.06. The smallest absolute Gasteiger partial charge is 0.416 e. The van der Waals surface area contributed by atoms with Crippen molar-refractivity contribution in [2.75, 3.05) is 23.9 Å². The maximum Gasteiger partial charge on any atom is 0.416 e. The Morgan fingerprint density at radius 1 is 1.30 bits per heavy atom. The van der Waals surface area contributed by atoms with Gasteiger partial charge >= 0.3 is 12.1 Å². The lowest BCUT2D eigenvalue weighted by molar-refractivity contribution is -0.137. The summed E-state index contributed by atoms with van der Waals surface area (Å²) in [6, 6.07) is 4.91.